The van der Waals surface area contributed by atoms with Gasteiger partial charge in [0, 0.05) is 22.8 Å². The van der Waals surface area contributed by atoms with Crippen LogP contribution in [0.3, 0.4) is 0 Å². The molecule has 0 unspecified atom stereocenters. The Hall–Kier alpha value is -2.38. The first-order chi connectivity index (χ1) is 26.7. The molecule has 0 saturated heterocycles. The van der Waals surface area contributed by atoms with Crippen LogP contribution in [0.25, 0.3) is 0 Å². The second kappa shape index (κ2) is 28.9. The number of carbonyl (C=O) groups is 2. The van der Waals surface area contributed by atoms with Crippen molar-refractivity contribution in [1.29, 1.82) is 0 Å². The van der Waals surface area contributed by atoms with Crippen molar-refractivity contribution >= 4 is 11.6 Å². The quantitative estimate of drug-likeness (QED) is 0.0471. The number of benzene rings is 2. The molecule has 6 nitrogen and oxygen atoms in total. The van der Waals surface area contributed by atoms with Gasteiger partial charge in [-0.2, -0.15) is 0 Å². The van der Waals surface area contributed by atoms with Crippen LogP contribution in [0.2, 0.25) is 0 Å². The van der Waals surface area contributed by atoms with Crippen molar-refractivity contribution in [3.63, 3.8) is 0 Å². The van der Waals surface area contributed by atoms with E-state index in [0.717, 1.165) is 36.0 Å². The lowest BCUT2D eigenvalue weighted by atomic mass is 9.82. The first kappa shape index (κ1) is 49.8. The molecule has 0 heterocycles. The molecule has 0 atom stereocenters. The Balaban J connectivity index is 0.0000108. The molecule has 0 radical (unpaired) electrons. The number of halogens is 1. The number of ketones is 2. The zero-order valence-corrected chi connectivity index (χ0v) is 37.8. The van der Waals surface area contributed by atoms with Gasteiger partial charge in [0.1, 0.15) is 23.8 Å². The normalized spacial score (nSPS) is 12.4. The maximum Gasteiger partial charge on any atom is 0.201 e. The summed E-state index contributed by atoms with van der Waals surface area (Å²) in [5.41, 5.74) is 1.10. The van der Waals surface area contributed by atoms with Crippen LogP contribution in [0.5, 0.6) is 17.2 Å². The van der Waals surface area contributed by atoms with Crippen molar-refractivity contribution in [1.82, 2.24) is 0 Å². The van der Waals surface area contributed by atoms with Gasteiger partial charge >= 0.3 is 0 Å². The maximum atomic E-state index is 13.7. The first-order valence-electron chi connectivity index (χ1n) is 22.9. The minimum atomic E-state index is -0.532. The zero-order valence-electron chi connectivity index (χ0n) is 36.2. The van der Waals surface area contributed by atoms with Crippen LogP contribution in [0.1, 0.15) is 231 Å². The van der Waals surface area contributed by atoms with Crippen LogP contribution >= 0.6 is 0 Å². The average Bonchev–Trinajstić information content (AvgIpc) is 3.16. The Morgan fingerprint density at radius 3 is 1.20 bits per heavy atom. The number of quaternary nitrogens is 1. The third kappa shape index (κ3) is 17.6. The number of fused-ring (bicyclic) bond motifs is 2. The van der Waals surface area contributed by atoms with E-state index >= 15 is 0 Å². The van der Waals surface area contributed by atoms with E-state index in [9.17, 15) is 19.8 Å². The summed E-state index contributed by atoms with van der Waals surface area (Å²) in [6, 6.07) is 6.31. The fraction of sp³-hybridized carbons (Fsp3) is 0.714. The Morgan fingerprint density at radius 1 is 0.482 bits per heavy atom. The van der Waals surface area contributed by atoms with Crippen molar-refractivity contribution in [3.05, 3.63) is 52.1 Å². The maximum absolute atomic E-state index is 13.7. The first-order valence-corrected chi connectivity index (χ1v) is 22.9. The van der Waals surface area contributed by atoms with Gasteiger partial charge in [0.05, 0.1) is 38.4 Å². The second-order valence-electron chi connectivity index (χ2n) is 17.2. The molecular weight excluding hydrogens is 762 g/mol. The highest BCUT2D eigenvalue weighted by Gasteiger charge is 2.36. The van der Waals surface area contributed by atoms with E-state index in [1.54, 1.807) is 6.07 Å². The van der Waals surface area contributed by atoms with Gasteiger partial charge in [-0.05, 0) is 43.9 Å². The summed E-state index contributed by atoms with van der Waals surface area (Å²) in [7, 11) is 3.79. The number of hydrogen-bond acceptors (Lipinski definition) is 5. The van der Waals surface area contributed by atoms with Crippen molar-refractivity contribution in [2.24, 2.45) is 0 Å². The van der Waals surface area contributed by atoms with Gasteiger partial charge in [-0.1, -0.05) is 168 Å². The number of carbonyl (C=O) groups excluding carboxylic acids is 2. The molecule has 0 aliphatic heterocycles. The van der Waals surface area contributed by atoms with E-state index in [1.807, 2.05) is 6.07 Å². The largest absolute Gasteiger partial charge is 1.00 e. The van der Waals surface area contributed by atoms with E-state index in [0.29, 0.717) is 12.3 Å². The summed E-state index contributed by atoms with van der Waals surface area (Å²) in [6.45, 7) is 7.35. The molecule has 3 rings (SSSR count). The number of aromatic hydroxyl groups is 2. The third-order valence-corrected chi connectivity index (χ3v) is 12.1. The summed E-state index contributed by atoms with van der Waals surface area (Å²) in [6.07, 6.45) is 37.6. The lowest BCUT2D eigenvalue weighted by molar-refractivity contribution is -0.923. The summed E-state index contributed by atoms with van der Waals surface area (Å²) in [5, 5.41) is 21.8. The minimum absolute atomic E-state index is 0. The summed E-state index contributed by atoms with van der Waals surface area (Å²) in [5.74, 6) is -1.09. The van der Waals surface area contributed by atoms with Crippen LogP contribution in [0.4, 0.5) is 0 Å². The molecule has 1 aliphatic carbocycles. The molecule has 0 aromatic heterocycles. The molecule has 2 aromatic rings. The Labute approximate surface area is 352 Å². The van der Waals surface area contributed by atoms with Gasteiger partial charge in [-0.25, -0.2) is 0 Å². The van der Waals surface area contributed by atoms with E-state index in [1.165, 1.54) is 186 Å². The number of phenols is 2. The van der Waals surface area contributed by atoms with E-state index in [2.05, 4.69) is 20.9 Å². The molecule has 7 heteroatoms. The van der Waals surface area contributed by atoms with Gasteiger partial charge in [0.15, 0.2) is 5.78 Å². The number of nitrogens with zero attached hydrogens (tertiary/aromatic N) is 1. The topological polar surface area (TPSA) is 83.8 Å². The number of phenolic OH excluding ortho intramolecular Hbond substituents is 2. The number of hydrogen-bond donors (Lipinski definition) is 2. The number of methoxy groups -OCH3 is 1. The monoisotopic (exact) mass is 842 g/mol. The van der Waals surface area contributed by atoms with Gasteiger partial charge in [0.25, 0.3) is 0 Å². The van der Waals surface area contributed by atoms with Crippen LogP contribution < -0.4 is 21.7 Å². The van der Waals surface area contributed by atoms with Gasteiger partial charge in [0.2, 0.25) is 5.78 Å². The SMILES string of the molecule is CCCCCCCCCCCCCCCC[N+](C)(CCCCCCCCCCCCCCCC)Cc1cc(O)c2c(c1)C(=O)c1cc(OC)cc(O)c1C2=O.[Br-]. The molecule has 0 fully saturated rings. The number of rotatable bonds is 33. The van der Waals surface area contributed by atoms with Gasteiger partial charge < -0.3 is 36.4 Å². The smallest absolute Gasteiger partial charge is 0.201 e. The summed E-state index contributed by atoms with van der Waals surface area (Å²) in [4.78, 5) is 27.2. The average molecular weight is 843 g/mol. The van der Waals surface area contributed by atoms with E-state index in [-0.39, 0.29) is 56.5 Å². The molecule has 0 amide bonds. The lowest BCUT2D eigenvalue weighted by Crippen LogP contribution is -3.00. The summed E-state index contributed by atoms with van der Waals surface area (Å²) < 4.78 is 6.12. The highest BCUT2D eigenvalue weighted by molar-refractivity contribution is 6.30. The number of ether oxygens (including phenoxy) is 1. The lowest BCUT2D eigenvalue weighted by Gasteiger charge is -2.35. The standard InChI is InChI=1S/C49H79NO5.BrH/c1-5-7-9-11-13-15-17-19-21-23-25-27-29-31-33-50(3,34-32-30-28-26-24-22-20-18-16-14-12-10-8-6-2)39-40-35-42-46(44(51)36-40)49(54)47-43(48(42)53)37-41(55-4)38-45(47)52;/h35-38H,5-34,39H2,1-4H3,(H-,51,52,54);1H. The Kier molecular flexibility index (Phi) is 25.7. The van der Waals surface area contributed by atoms with Crippen molar-refractivity contribution in [3.8, 4) is 17.2 Å². The van der Waals surface area contributed by atoms with Crippen molar-refractivity contribution in [2.45, 2.75) is 200 Å². The van der Waals surface area contributed by atoms with E-state index in [4.69, 9.17) is 4.74 Å². The molecule has 1 aliphatic rings. The predicted octanol–water partition coefficient (Wildman–Crippen LogP) is 10.8. The fourth-order valence-corrected chi connectivity index (χ4v) is 8.69. The van der Waals surface area contributed by atoms with Crippen LogP contribution in [-0.4, -0.2) is 53.5 Å². The van der Waals surface area contributed by atoms with Crippen molar-refractivity contribution < 1.29 is 46.0 Å². The Morgan fingerprint density at radius 2 is 0.821 bits per heavy atom. The van der Waals surface area contributed by atoms with Crippen LogP contribution in [0.15, 0.2) is 24.3 Å². The predicted molar refractivity (Wildman–Crippen MR) is 230 cm³/mol. The van der Waals surface area contributed by atoms with Crippen LogP contribution in [-0.2, 0) is 6.54 Å². The number of unbranched alkanes of at least 4 members (excludes halogenated alkanes) is 26. The molecule has 0 saturated carbocycles. The molecular formula is C49H80BrNO5. The molecule has 0 spiro atoms. The molecule has 318 valence electrons. The molecule has 0 bridgehead atoms. The zero-order chi connectivity index (χ0) is 39.7. The highest BCUT2D eigenvalue weighted by Crippen LogP contribution is 2.40. The second-order valence-corrected chi connectivity index (χ2v) is 17.2. The van der Waals surface area contributed by atoms with E-state index < -0.39 is 5.78 Å². The van der Waals surface area contributed by atoms with Gasteiger partial charge in [-0.15, -0.1) is 0 Å². The minimum Gasteiger partial charge on any atom is -1.00 e. The summed E-state index contributed by atoms with van der Waals surface area (Å²) >= 11 is 0. The Bertz CT molecular complexity index is 1380. The van der Waals surface area contributed by atoms with Crippen molar-refractivity contribution in [2.75, 3.05) is 27.2 Å². The third-order valence-electron chi connectivity index (χ3n) is 12.1. The van der Waals surface area contributed by atoms with Crippen LogP contribution in [0, 0.1) is 0 Å². The van der Waals surface area contributed by atoms with Gasteiger partial charge in [-0.3, -0.25) is 9.59 Å². The molecule has 2 aromatic carbocycles. The molecule has 56 heavy (non-hydrogen) atoms. The fourth-order valence-electron chi connectivity index (χ4n) is 8.69. The molecule has 2 N–H and O–H groups in total. The highest BCUT2D eigenvalue weighted by atomic mass is 79.9.